The van der Waals surface area contributed by atoms with E-state index in [0.29, 0.717) is 0 Å². The van der Waals surface area contributed by atoms with Crippen LogP contribution in [0.3, 0.4) is 0 Å². The number of hydrogen-bond donors (Lipinski definition) is 1. The van der Waals surface area contributed by atoms with E-state index in [-0.39, 0.29) is 0 Å². The smallest absolute Gasteiger partial charge is 0.410 e. The third kappa shape index (κ3) is 3.11. The molecule has 2 nitrogen and oxygen atoms in total. The van der Waals surface area contributed by atoms with E-state index in [0.717, 1.165) is 0 Å². The van der Waals surface area contributed by atoms with E-state index in [1.807, 2.05) is 0 Å². The minimum absolute atomic E-state index is 4.42. The van der Waals surface area contributed by atoms with Gasteiger partial charge in [0.1, 0.15) is 0 Å². The molecule has 0 aromatic carbocycles. The Hall–Kier alpha value is -1.79. The molecule has 0 unspecified atom stereocenters. The van der Waals surface area contributed by atoms with Gasteiger partial charge in [-0.05, 0) is 0 Å². The molecule has 0 aliphatic carbocycles. The van der Waals surface area contributed by atoms with E-state index in [2.05, 4.69) is 0 Å². The van der Waals surface area contributed by atoms with Gasteiger partial charge >= 0.3 is 59.8 Å². The minimum Gasteiger partial charge on any atom is -0.477 e. The molecule has 0 aliphatic heterocycles. The molecule has 20 heteroatoms. The standard InChI is InChI=1S/C10H2F18O2/c11-1(12)3(13,14)5(17,18)7(21,22)9(25,26)10(27,28)8(23,24)6(19,20)4(15,16)2(29)30/h1H,(H,29,30). The molecule has 0 aromatic heterocycles. The number of carbonyl (C=O) groups is 1. The summed E-state index contributed by atoms with van der Waals surface area (Å²) in [6, 6.07) is 0. The van der Waals surface area contributed by atoms with Crippen LogP contribution in [-0.4, -0.2) is 64.9 Å². The summed E-state index contributed by atoms with van der Waals surface area (Å²) < 4.78 is 230. The van der Waals surface area contributed by atoms with Gasteiger partial charge in [-0.1, -0.05) is 0 Å². The largest absolute Gasteiger partial charge is 0.477 e. The summed E-state index contributed by atoms with van der Waals surface area (Å²) in [7, 11) is 0. The van der Waals surface area contributed by atoms with Gasteiger partial charge in [-0.25, -0.2) is 13.6 Å². The molecule has 1 N–H and O–H groups in total. The van der Waals surface area contributed by atoms with Crippen LogP contribution in [0.15, 0.2) is 0 Å². The molecule has 0 aliphatic rings. The first-order valence-electron chi connectivity index (χ1n) is 6.18. The SMILES string of the molecule is O=C(O)C(F)(F)C(F)(F)C(F)(F)C(F)(F)C(F)(F)C(F)(F)C(F)(F)C(F)(F)C(F)F. The van der Waals surface area contributed by atoms with Gasteiger partial charge < -0.3 is 5.11 Å². The van der Waals surface area contributed by atoms with Crippen molar-refractivity contribution in [1.29, 1.82) is 0 Å². The van der Waals surface area contributed by atoms with E-state index in [4.69, 9.17) is 5.11 Å². The number of hydrogen-bond acceptors (Lipinski definition) is 1. The van der Waals surface area contributed by atoms with Crippen molar-refractivity contribution in [1.82, 2.24) is 0 Å². The maximum atomic E-state index is 13.1. The van der Waals surface area contributed by atoms with Crippen LogP contribution in [-0.2, 0) is 4.79 Å². The molecule has 30 heavy (non-hydrogen) atoms. The average Bonchev–Trinajstić information content (AvgIpc) is 2.52. The average molecular weight is 496 g/mol. The Labute approximate surface area is 150 Å². The van der Waals surface area contributed by atoms with E-state index < -0.39 is 59.8 Å². The number of halogens is 18. The normalized spacial score (nSPS) is 16.2. The van der Waals surface area contributed by atoms with E-state index in [1.165, 1.54) is 0 Å². The zero-order valence-electron chi connectivity index (χ0n) is 12.7. The Morgan fingerprint density at radius 1 is 0.500 bits per heavy atom. The van der Waals surface area contributed by atoms with Crippen LogP contribution in [0.1, 0.15) is 0 Å². The molecule has 0 aromatic rings. The van der Waals surface area contributed by atoms with Crippen molar-refractivity contribution in [3.63, 3.8) is 0 Å². The van der Waals surface area contributed by atoms with Crippen molar-refractivity contribution in [3.05, 3.63) is 0 Å². The molecule has 0 rings (SSSR count). The lowest BCUT2D eigenvalue weighted by Crippen LogP contribution is -2.75. The topological polar surface area (TPSA) is 37.3 Å². The summed E-state index contributed by atoms with van der Waals surface area (Å²) in [6.45, 7) is 0. The van der Waals surface area contributed by atoms with Crippen molar-refractivity contribution in [2.75, 3.05) is 0 Å². The van der Waals surface area contributed by atoms with Crippen LogP contribution < -0.4 is 0 Å². The van der Waals surface area contributed by atoms with Gasteiger partial charge in [-0.15, -0.1) is 0 Å². The highest BCUT2D eigenvalue weighted by molar-refractivity contribution is 5.77. The van der Waals surface area contributed by atoms with Gasteiger partial charge in [0.2, 0.25) is 0 Å². The highest BCUT2D eigenvalue weighted by Crippen LogP contribution is 2.64. The van der Waals surface area contributed by atoms with Gasteiger partial charge in [0.05, 0.1) is 0 Å². The number of aliphatic carboxylic acids is 1. The fourth-order valence-corrected chi connectivity index (χ4v) is 1.47. The molecular formula is C10H2F18O2. The number of rotatable bonds is 9. The number of carboxylic acids is 1. The van der Waals surface area contributed by atoms with Gasteiger partial charge in [0.25, 0.3) is 0 Å². The van der Waals surface area contributed by atoms with Crippen molar-refractivity contribution < 1.29 is 88.9 Å². The van der Waals surface area contributed by atoms with Gasteiger partial charge in [-0.3, -0.25) is 0 Å². The first kappa shape index (κ1) is 28.2. The summed E-state index contributed by atoms with van der Waals surface area (Å²) in [5.41, 5.74) is 0. The minimum atomic E-state index is -8.87. The van der Waals surface area contributed by atoms with Crippen molar-refractivity contribution in [2.45, 2.75) is 53.8 Å². The lowest BCUT2D eigenvalue weighted by atomic mass is 9.87. The van der Waals surface area contributed by atoms with E-state index >= 15 is 0 Å². The summed E-state index contributed by atoms with van der Waals surface area (Å²) in [6.07, 6.45) is -6.04. The van der Waals surface area contributed by atoms with Gasteiger partial charge in [0.15, 0.2) is 0 Å². The lowest BCUT2D eigenvalue weighted by Gasteiger charge is -2.43. The summed E-state index contributed by atoms with van der Waals surface area (Å²) in [4.78, 5) is 9.81. The Morgan fingerprint density at radius 2 is 0.733 bits per heavy atom. The van der Waals surface area contributed by atoms with Crippen LogP contribution in [0.5, 0.6) is 0 Å². The van der Waals surface area contributed by atoms with Crippen LogP contribution in [0, 0.1) is 0 Å². The van der Waals surface area contributed by atoms with Crippen molar-refractivity contribution in [3.8, 4) is 0 Å². The Kier molecular flexibility index (Phi) is 6.45. The molecule has 0 heterocycles. The summed E-state index contributed by atoms with van der Waals surface area (Å²) >= 11 is 0. The maximum Gasteiger partial charge on any atom is 0.410 e. The van der Waals surface area contributed by atoms with Gasteiger partial charge in [0, 0.05) is 0 Å². The quantitative estimate of drug-likeness (QED) is 0.434. The summed E-state index contributed by atoms with van der Waals surface area (Å²) in [5, 5.41) is 7.62. The third-order valence-electron chi connectivity index (χ3n) is 3.33. The van der Waals surface area contributed by atoms with Crippen LogP contribution in [0.25, 0.3) is 0 Å². The predicted octanol–water partition coefficient (Wildman–Crippen LogP) is 5.42. The van der Waals surface area contributed by atoms with Crippen LogP contribution in [0.2, 0.25) is 0 Å². The Morgan fingerprint density at radius 3 is 0.967 bits per heavy atom. The second-order valence-electron chi connectivity index (χ2n) is 5.25. The highest BCUT2D eigenvalue weighted by Gasteiger charge is 2.96. The Bertz CT molecular complexity index is 664. The number of alkyl halides is 18. The van der Waals surface area contributed by atoms with Crippen LogP contribution in [0.4, 0.5) is 79.0 Å². The molecule has 0 amide bonds. The molecule has 0 fully saturated rings. The molecule has 0 saturated carbocycles. The zero-order chi connectivity index (χ0) is 25.2. The fourth-order valence-electron chi connectivity index (χ4n) is 1.47. The number of carboxylic acid groups (broad SMARTS) is 1. The molecule has 0 bridgehead atoms. The molecule has 180 valence electrons. The molecule has 0 atom stereocenters. The molecule has 0 radical (unpaired) electrons. The first-order valence-corrected chi connectivity index (χ1v) is 6.18. The second kappa shape index (κ2) is 6.86. The predicted molar refractivity (Wildman–Crippen MR) is 53.2 cm³/mol. The molecular weight excluding hydrogens is 494 g/mol. The fraction of sp³-hybridized carbons (Fsp3) is 0.900. The second-order valence-corrected chi connectivity index (χ2v) is 5.25. The Balaban J connectivity index is 6.86. The molecule has 0 spiro atoms. The monoisotopic (exact) mass is 496 g/mol. The lowest BCUT2D eigenvalue weighted by molar-refractivity contribution is -0.455. The maximum absolute atomic E-state index is 13.1. The zero-order valence-corrected chi connectivity index (χ0v) is 12.7. The van der Waals surface area contributed by atoms with Crippen molar-refractivity contribution >= 4 is 5.97 Å². The van der Waals surface area contributed by atoms with E-state index in [1.54, 1.807) is 0 Å². The summed E-state index contributed by atoms with van der Waals surface area (Å²) in [5.74, 6) is -71.2. The third-order valence-corrected chi connectivity index (χ3v) is 3.33. The molecule has 0 saturated heterocycles. The van der Waals surface area contributed by atoms with E-state index in [9.17, 15) is 83.8 Å². The van der Waals surface area contributed by atoms with Crippen molar-refractivity contribution in [2.24, 2.45) is 0 Å². The first-order chi connectivity index (χ1) is 12.6. The van der Waals surface area contributed by atoms with Gasteiger partial charge in [-0.2, -0.15) is 70.2 Å². The highest BCUT2D eigenvalue weighted by atomic mass is 19.4. The van der Waals surface area contributed by atoms with Crippen LogP contribution >= 0.6 is 0 Å².